The van der Waals surface area contributed by atoms with Gasteiger partial charge < -0.3 is 4.74 Å². The second kappa shape index (κ2) is 6.75. The minimum Gasteiger partial charge on any atom is -0.476 e. The molecule has 0 aromatic carbocycles. The molecule has 0 amide bonds. The molecule has 4 heteroatoms. The molecule has 0 fully saturated rings. The van der Waals surface area contributed by atoms with Crippen molar-refractivity contribution >= 4 is 40.0 Å². The highest BCUT2D eigenvalue weighted by molar-refractivity contribution is 8.22. The van der Waals surface area contributed by atoms with Crippen LogP contribution in [0.5, 0.6) is 0 Å². The molecule has 0 radical (unpaired) electrons. The lowest BCUT2D eigenvalue weighted by Gasteiger charge is -2.08. The summed E-state index contributed by atoms with van der Waals surface area (Å²) in [6, 6.07) is 0. The summed E-state index contributed by atoms with van der Waals surface area (Å²) in [5, 5.41) is 0.787. The second-order valence-corrected chi connectivity index (χ2v) is 4.74. The van der Waals surface area contributed by atoms with Gasteiger partial charge in [-0.2, -0.15) is 0 Å². The molecule has 0 aromatic heterocycles. The molecule has 0 bridgehead atoms. The van der Waals surface area contributed by atoms with E-state index < -0.39 is 0 Å². The summed E-state index contributed by atoms with van der Waals surface area (Å²) in [6.45, 7) is 5.75. The summed E-state index contributed by atoms with van der Waals surface area (Å²) in [5.41, 5.74) is 0. The van der Waals surface area contributed by atoms with E-state index in [1.165, 1.54) is 11.8 Å². The third-order valence-corrected chi connectivity index (χ3v) is 2.17. The number of ether oxygens (including phenoxy) is 1. The fourth-order valence-corrected chi connectivity index (χ4v) is 1.75. The van der Waals surface area contributed by atoms with Crippen LogP contribution in [-0.2, 0) is 4.74 Å². The minimum atomic E-state index is 0.158. The van der Waals surface area contributed by atoms with Crippen LogP contribution in [-0.4, -0.2) is 16.2 Å². The zero-order chi connectivity index (χ0) is 9.56. The summed E-state index contributed by atoms with van der Waals surface area (Å²) in [7, 11) is 0. The lowest BCUT2D eigenvalue weighted by molar-refractivity contribution is 0.243. The Morgan fingerprint density at radius 1 is 1.67 bits per heavy atom. The lowest BCUT2D eigenvalue weighted by Crippen LogP contribution is -2.06. The standard InChI is InChI=1S/C8H13ClOS2/c1-6(2)10-8(11)12-5-4-7(3)9/h4,6H,5H2,1-3H3. The molecule has 0 spiro atoms. The molecule has 0 saturated carbocycles. The fraction of sp³-hybridized carbons (Fsp3) is 0.625. The molecule has 0 unspecified atom stereocenters. The van der Waals surface area contributed by atoms with Gasteiger partial charge in [-0.1, -0.05) is 29.4 Å². The smallest absolute Gasteiger partial charge is 0.220 e. The van der Waals surface area contributed by atoms with Gasteiger partial charge in [0.2, 0.25) is 4.38 Å². The molecule has 0 saturated heterocycles. The second-order valence-electron chi connectivity index (χ2n) is 2.52. The van der Waals surface area contributed by atoms with Crippen molar-refractivity contribution in [1.82, 2.24) is 0 Å². The zero-order valence-corrected chi connectivity index (χ0v) is 9.85. The monoisotopic (exact) mass is 224 g/mol. The van der Waals surface area contributed by atoms with Gasteiger partial charge in [-0.05, 0) is 33.0 Å². The van der Waals surface area contributed by atoms with Gasteiger partial charge in [0, 0.05) is 10.8 Å². The number of rotatable bonds is 3. The number of hydrogen-bond donors (Lipinski definition) is 0. The average molecular weight is 225 g/mol. The van der Waals surface area contributed by atoms with Crippen molar-refractivity contribution in [3.05, 3.63) is 11.1 Å². The van der Waals surface area contributed by atoms with Crippen LogP contribution in [0, 0.1) is 0 Å². The highest BCUT2D eigenvalue weighted by Crippen LogP contribution is 2.10. The van der Waals surface area contributed by atoms with Gasteiger partial charge in [0.15, 0.2) is 0 Å². The first kappa shape index (κ1) is 12.3. The van der Waals surface area contributed by atoms with Crippen LogP contribution in [0.25, 0.3) is 0 Å². The predicted molar refractivity (Wildman–Crippen MR) is 60.9 cm³/mol. The van der Waals surface area contributed by atoms with E-state index in [2.05, 4.69) is 0 Å². The predicted octanol–water partition coefficient (Wildman–Crippen LogP) is 3.57. The van der Waals surface area contributed by atoms with Crippen LogP contribution in [0.3, 0.4) is 0 Å². The van der Waals surface area contributed by atoms with Crippen molar-refractivity contribution in [3.63, 3.8) is 0 Å². The van der Waals surface area contributed by atoms with Crippen LogP contribution >= 0.6 is 35.6 Å². The molecule has 12 heavy (non-hydrogen) atoms. The fourth-order valence-electron chi connectivity index (χ4n) is 0.451. The Balaban J connectivity index is 3.51. The van der Waals surface area contributed by atoms with Crippen molar-refractivity contribution in [1.29, 1.82) is 0 Å². The lowest BCUT2D eigenvalue weighted by atomic mass is 10.5. The number of allylic oxidation sites excluding steroid dienone is 1. The molecule has 0 aliphatic heterocycles. The molecule has 0 aromatic rings. The SMILES string of the molecule is CC(Cl)=CCSC(=S)OC(C)C. The highest BCUT2D eigenvalue weighted by Gasteiger charge is 1.99. The van der Waals surface area contributed by atoms with E-state index in [9.17, 15) is 0 Å². The molecular formula is C8H13ClOS2. The molecule has 0 atom stereocenters. The van der Waals surface area contributed by atoms with Crippen LogP contribution in [0.2, 0.25) is 0 Å². The van der Waals surface area contributed by atoms with Crippen LogP contribution < -0.4 is 0 Å². The van der Waals surface area contributed by atoms with Gasteiger partial charge in [-0.3, -0.25) is 0 Å². The van der Waals surface area contributed by atoms with Crippen molar-refractivity contribution < 1.29 is 4.74 Å². The van der Waals surface area contributed by atoms with E-state index in [1.807, 2.05) is 26.8 Å². The van der Waals surface area contributed by atoms with E-state index >= 15 is 0 Å². The molecule has 0 aliphatic carbocycles. The third-order valence-electron chi connectivity index (χ3n) is 0.898. The molecule has 70 valence electrons. The Morgan fingerprint density at radius 3 is 2.67 bits per heavy atom. The number of halogens is 1. The minimum absolute atomic E-state index is 0.158. The van der Waals surface area contributed by atoms with Crippen LogP contribution in [0.15, 0.2) is 11.1 Å². The van der Waals surface area contributed by atoms with Crippen molar-refractivity contribution in [3.8, 4) is 0 Å². The first-order valence-corrected chi connectivity index (χ1v) is 5.45. The van der Waals surface area contributed by atoms with Gasteiger partial charge in [-0.15, -0.1) is 0 Å². The molecule has 1 nitrogen and oxygen atoms in total. The van der Waals surface area contributed by atoms with Crippen molar-refractivity contribution in [2.45, 2.75) is 26.9 Å². The van der Waals surface area contributed by atoms with Crippen LogP contribution in [0.1, 0.15) is 20.8 Å². The van der Waals surface area contributed by atoms with E-state index in [1.54, 1.807) is 0 Å². The highest BCUT2D eigenvalue weighted by atomic mass is 35.5. The van der Waals surface area contributed by atoms with Gasteiger partial charge in [0.05, 0.1) is 6.10 Å². The summed E-state index contributed by atoms with van der Waals surface area (Å²) >= 11 is 12.1. The normalized spacial score (nSPS) is 11.9. The van der Waals surface area contributed by atoms with Gasteiger partial charge in [0.1, 0.15) is 0 Å². The maximum atomic E-state index is 5.63. The summed E-state index contributed by atoms with van der Waals surface area (Å²) in [4.78, 5) is 0. The number of hydrogen-bond acceptors (Lipinski definition) is 3. The van der Waals surface area contributed by atoms with E-state index in [-0.39, 0.29) is 6.10 Å². The van der Waals surface area contributed by atoms with Crippen molar-refractivity contribution in [2.24, 2.45) is 0 Å². The van der Waals surface area contributed by atoms with Gasteiger partial charge >= 0.3 is 0 Å². The topological polar surface area (TPSA) is 9.23 Å². The molecular weight excluding hydrogens is 212 g/mol. The maximum absolute atomic E-state index is 5.63. The third kappa shape index (κ3) is 8.37. The Morgan fingerprint density at radius 2 is 2.25 bits per heavy atom. The first-order valence-electron chi connectivity index (χ1n) is 3.68. The number of thiocarbonyl (C=S) groups is 1. The Labute approximate surface area is 88.5 Å². The molecule has 0 rings (SSSR count). The zero-order valence-electron chi connectivity index (χ0n) is 7.46. The van der Waals surface area contributed by atoms with E-state index in [4.69, 9.17) is 28.6 Å². The summed E-state index contributed by atoms with van der Waals surface area (Å²) in [5.74, 6) is 0.779. The quantitative estimate of drug-likeness (QED) is 0.679. The van der Waals surface area contributed by atoms with Crippen molar-refractivity contribution in [2.75, 3.05) is 5.75 Å². The van der Waals surface area contributed by atoms with E-state index in [0.717, 1.165) is 10.8 Å². The Hall–Kier alpha value is 0.270. The molecule has 0 aliphatic rings. The Kier molecular flexibility index (Phi) is 6.90. The largest absolute Gasteiger partial charge is 0.476 e. The maximum Gasteiger partial charge on any atom is 0.220 e. The molecule has 0 heterocycles. The Bertz CT molecular complexity index is 174. The molecule has 0 N–H and O–H groups in total. The van der Waals surface area contributed by atoms with E-state index in [0.29, 0.717) is 4.38 Å². The van der Waals surface area contributed by atoms with Gasteiger partial charge in [0.25, 0.3) is 0 Å². The first-order chi connectivity index (χ1) is 5.52. The summed E-state index contributed by atoms with van der Waals surface area (Å²) in [6.07, 6.45) is 2.06. The van der Waals surface area contributed by atoms with Crippen LogP contribution in [0.4, 0.5) is 0 Å². The number of thioether (sulfide) groups is 1. The average Bonchev–Trinajstić information content (AvgIpc) is 1.84. The summed E-state index contributed by atoms with van der Waals surface area (Å²) < 4.78 is 5.84. The van der Waals surface area contributed by atoms with Gasteiger partial charge in [-0.25, -0.2) is 0 Å².